The number of allylic oxidation sites excluding steroid dienone is 14. The van der Waals surface area contributed by atoms with Crippen molar-refractivity contribution < 1.29 is 28.6 Å². The number of carbonyl (C=O) groups excluding carboxylic acids is 3. The van der Waals surface area contributed by atoms with Crippen LogP contribution in [-0.2, 0) is 28.6 Å². The van der Waals surface area contributed by atoms with Gasteiger partial charge in [0, 0.05) is 19.3 Å². The Morgan fingerprint density at radius 2 is 0.470 bits per heavy atom. The van der Waals surface area contributed by atoms with E-state index in [2.05, 4.69) is 106 Å². The van der Waals surface area contributed by atoms with Gasteiger partial charge < -0.3 is 14.2 Å². The summed E-state index contributed by atoms with van der Waals surface area (Å²) in [7, 11) is 0. The van der Waals surface area contributed by atoms with Crippen LogP contribution in [-0.4, -0.2) is 37.2 Å². The molecule has 83 heavy (non-hydrogen) atoms. The molecule has 6 heteroatoms. The van der Waals surface area contributed by atoms with Crippen molar-refractivity contribution in [2.45, 2.75) is 374 Å². The van der Waals surface area contributed by atoms with E-state index in [0.717, 1.165) is 103 Å². The van der Waals surface area contributed by atoms with Crippen molar-refractivity contribution in [1.82, 2.24) is 0 Å². The Balaban J connectivity index is 4.09. The highest BCUT2D eigenvalue weighted by Crippen LogP contribution is 2.18. The first-order chi connectivity index (χ1) is 41.0. The molecule has 0 N–H and O–H groups in total. The van der Waals surface area contributed by atoms with E-state index in [1.807, 2.05) is 0 Å². The lowest BCUT2D eigenvalue weighted by Crippen LogP contribution is -2.30. The van der Waals surface area contributed by atoms with E-state index < -0.39 is 6.10 Å². The first-order valence-electron chi connectivity index (χ1n) is 36.1. The van der Waals surface area contributed by atoms with E-state index >= 15 is 0 Å². The van der Waals surface area contributed by atoms with Gasteiger partial charge in [-0.3, -0.25) is 14.4 Å². The van der Waals surface area contributed by atoms with E-state index in [1.54, 1.807) is 0 Å². The van der Waals surface area contributed by atoms with Gasteiger partial charge in [-0.25, -0.2) is 0 Å². The maximum atomic E-state index is 12.9. The molecule has 0 radical (unpaired) electrons. The molecule has 1 atom stereocenters. The lowest BCUT2D eigenvalue weighted by atomic mass is 10.0. The van der Waals surface area contributed by atoms with Crippen molar-refractivity contribution in [3.05, 3.63) is 85.1 Å². The standard InChI is InChI=1S/C77H136O6/c1-4-7-10-13-16-19-21-23-25-27-29-31-33-34-35-36-37-38-39-40-41-42-44-45-47-49-51-53-55-58-61-64-67-70-76(79)82-73-74(72-81-75(78)69-66-63-60-57-18-15-12-9-6-3)83-77(80)71-68-65-62-59-56-54-52-50-48-46-43-32-30-28-26-24-22-20-17-14-11-8-5-2/h7,10,16,19,22-25,28-31,43,46,74H,4-6,8-9,11-15,17-18,20-21,26-27,32-42,44-45,47-73H2,1-3H3/b10-7-,19-16-,24-22-,25-23-,30-28-,31-29-,46-43-. The zero-order chi connectivity index (χ0) is 59.9. The van der Waals surface area contributed by atoms with Crippen molar-refractivity contribution in [1.29, 1.82) is 0 Å². The van der Waals surface area contributed by atoms with Gasteiger partial charge in [0.05, 0.1) is 0 Å². The Labute approximate surface area is 515 Å². The van der Waals surface area contributed by atoms with Crippen LogP contribution in [0.25, 0.3) is 0 Å². The maximum Gasteiger partial charge on any atom is 0.306 e. The number of hydrogen-bond donors (Lipinski definition) is 0. The second kappa shape index (κ2) is 71.1. The average molecular weight is 1160 g/mol. The molecule has 1 unspecified atom stereocenters. The third-order valence-electron chi connectivity index (χ3n) is 15.9. The van der Waals surface area contributed by atoms with Crippen molar-refractivity contribution in [2.24, 2.45) is 0 Å². The summed E-state index contributed by atoms with van der Waals surface area (Å²) in [4.78, 5) is 38.3. The number of esters is 3. The fraction of sp³-hybridized carbons (Fsp3) is 0.779. The van der Waals surface area contributed by atoms with E-state index in [0.29, 0.717) is 19.3 Å². The van der Waals surface area contributed by atoms with E-state index in [1.165, 1.54) is 225 Å². The lowest BCUT2D eigenvalue weighted by molar-refractivity contribution is -0.167. The molecule has 480 valence electrons. The molecule has 0 aliphatic rings. The number of ether oxygens (including phenoxy) is 3. The highest BCUT2D eigenvalue weighted by atomic mass is 16.6. The van der Waals surface area contributed by atoms with E-state index in [9.17, 15) is 14.4 Å². The number of rotatable bonds is 66. The number of unbranched alkanes of at least 4 members (excludes halogenated alkanes) is 41. The Bertz CT molecular complexity index is 1570. The summed E-state index contributed by atoms with van der Waals surface area (Å²) in [5.74, 6) is -0.864. The van der Waals surface area contributed by atoms with Crippen LogP contribution >= 0.6 is 0 Å². The molecule has 0 saturated carbocycles. The van der Waals surface area contributed by atoms with Crippen LogP contribution in [0.3, 0.4) is 0 Å². The molecule has 0 aliphatic carbocycles. The fourth-order valence-corrected chi connectivity index (χ4v) is 10.5. The first kappa shape index (κ1) is 79.6. The van der Waals surface area contributed by atoms with Gasteiger partial charge in [0.25, 0.3) is 0 Å². The molecule has 0 fully saturated rings. The number of hydrogen-bond acceptors (Lipinski definition) is 6. The summed E-state index contributed by atoms with van der Waals surface area (Å²) in [5, 5.41) is 0. The normalized spacial score (nSPS) is 12.6. The quantitative estimate of drug-likeness (QED) is 0.0261. The first-order valence-corrected chi connectivity index (χ1v) is 36.1. The van der Waals surface area contributed by atoms with Crippen LogP contribution in [0.15, 0.2) is 85.1 Å². The van der Waals surface area contributed by atoms with Crippen LogP contribution in [0.4, 0.5) is 0 Å². The SMILES string of the molecule is CC/C=C\C/C=C\C/C=C\C/C=C\CCCCCCCCCCCCCCCCCCCCCCC(=O)OCC(COC(=O)CCCCCCCCCCC)OC(=O)CCCCCCCCCC/C=C\C/C=C\C/C=C\CCCCCCC. The van der Waals surface area contributed by atoms with E-state index in [-0.39, 0.29) is 31.1 Å². The molecule has 0 aromatic rings. The van der Waals surface area contributed by atoms with Gasteiger partial charge in [-0.1, -0.05) is 337 Å². The second-order valence-electron chi connectivity index (χ2n) is 24.1. The topological polar surface area (TPSA) is 78.9 Å². The molecule has 0 aliphatic heterocycles. The lowest BCUT2D eigenvalue weighted by Gasteiger charge is -2.18. The zero-order valence-corrected chi connectivity index (χ0v) is 55.2. The van der Waals surface area contributed by atoms with Crippen LogP contribution in [0.5, 0.6) is 0 Å². The van der Waals surface area contributed by atoms with Crippen molar-refractivity contribution >= 4 is 17.9 Å². The van der Waals surface area contributed by atoms with Gasteiger partial charge >= 0.3 is 17.9 Å². The summed E-state index contributed by atoms with van der Waals surface area (Å²) in [5.41, 5.74) is 0. The summed E-state index contributed by atoms with van der Waals surface area (Å²) in [6.07, 6.45) is 94.9. The molecule has 0 bridgehead atoms. The minimum absolute atomic E-state index is 0.0742. The largest absolute Gasteiger partial charge is 0.462 e. The Hall–Kier alpha value is -3.41. The molecular weight excluding hydrogens is 1020 g/mol. The molecule has 0 spiro atoms. The monoisotopic (exact) mass is 1160 g/mol. The van der Waals surface area contributed by atoms with Gasteiger partial charge in [0.1, 0.15) is 13.2 Å². The van der Waals surface area contributed by atoms with E-state index in [4.69, 9.17) is 14.2 Å². The van der Waals surface area contributed by atoms with Crippen LogP contribution < -0.4 is 0 Å². The Kier molecular flexibility index (Phi) is 68.2. The van der Waals surface area contributed by atoms with Crippen LogP contribution in [0.2, 0.25) is 0 Å². The average Bonchev–Trinajstić information content (AvgIpc) is 3.49. The van der Waals surface area contributed by atoms with Gasteiger partial charge in [0.2, 0.25) is 0 Å². The smallest absolute Gasteiger partial charge is 0.306 e. The zero-order valence-electron chi connectivity index (χ0n) is 55.2. The third kappa shape index (κ3) is 69.3. The summed E-state index contributed by atoms with van der Waals surface area (Å²) >= 11 is 0. The molecule has 0 saturated heterocycles. The van der Waals surface area contributed by atoms with Gasteiger partial charge in [0.15, 0.2) is 6.10 Å². The molecule has 0 amide bonds. The maximum absolute atomic E-state index is 12.9. The van der Waals surface area contributed by atoms with Crippen molar-refractivity contribution in [3.8, 4) is 0 Å². The van der Waals surface area contributed by atoms with Gasteiger partial charge in [-0.15, -0.1) is 0 Å². The summed E-state index contributed by atoms with van der Waals surface area (Å²) < 4.78 is 16.9. The predicted octanol–water partition coefficient (Wildman–Crippen LogP) is 25.0. The summed E-state index contributed by atoms with van der Waals surface area (Å²) in [6.45, 7) is 6.54. The molecule has 6 nitrogen and oxygen atoms in total. The highest BCUT2D eigenvalue weighted by molar-refractivity contribution is 5.71. The molecule has 0 heterocycles. The van der Waals surface area contributed by atoms with Crippen molar-refractivity contribution in [2.75, 3.05) is 13.2 Å². The van der Waals surface area contributed by atoms with Crippen molar-refractivity contribution in [3.63, 3.8) is 0 Å². The van der Waals surface area contributed by atoms with Crippen LogP contribution in [0.1, 0.15) is 367 Å². The fourth-order valence-electron chi connectivity index (χ4n) is 10.5. The third-order valence-corrected chi connectivity index (χ3v) is 15.9. The predicted molar refractivity (Wildman–Crippen MR) is 362 cm³/mol. The van der Waals surface area contributed by atoms with Crippen LogP contribution in [0, 0.1) is 0 Å². The van der Waals surface area contributed by atoms with Gasteiger partial charge in [-0.05, 0) is 96.3 Å². The Morgan fingerprint density at radius 1 is 0.253 bits per heavy atom. The second-order valence-corrected chi connectivity index (χ2v) is 24.1. The number of carbonyl (C=O) groups is 3. The highest BCUT2D eigenvalue weighted by Gasteiger charge is 2.19. The minimum atomic E-state index is -0.777. The summed E-state index contributed by atoms with van der Waals surface area (Å²) in [6, 6.07) is 0. The van der Waals surface area contributed by atoms with Gasteiger partial charge in [-0.2, -0.15) is 0 Å². The Morgan fingerprint density at radius 3 is 0.735 bits per heavy atom. The minimum Gasteiger partial charge on any atom is -0.462 e. The molecule has 0 rings (SSSR count). The molecular formula is C77H136O6. The molecule has 0 aromatic carbocycles. The molecule has 0 aromatic heterocycles.